The third kappa shape index (κ3) is 4.75. The number of hydrogen-bond donors (Lipinski definition) is 1. The molecule has 1 amide bonds. The Labute approximate surface area is 103 Å². The van der Waals surface area contributed by atoms with Gasteiger partial charge in [0, 0.05) is 13.7 Å². The molecule has 0 atom stereocenters. The van der Waals surface area contributed by atoms with Crippen LogP contribution in [-0.2, 0) is 22.1 Å². The number of carbonyl (C=O) groups excluding carboxylic acids is 1. The Bertz CT molecular complexity index is 387. The average molecular weight is 261 g/mol. The molecule has 0 aromatic heterocycles. The molecule has 6 heteroatoms. The SMILES string of the molecule is COCCNC(=O)Cc1ccc(C(F)(F)F)cc1. The summed E-state index contributed by atoms with van der Waals surface area (Å²) in [5, 5.41) is 2.59. The van der Waals surface area contributed by atoms with Gasteiger partial charge < -0.3 is 10.1 Å². The van der Waals surface area contributed by atoms with Crippen molar-refractivity contribution in [3.63, 3.8) is 0 Å². The van der Waals surface area contributed by atoms with E-state index in [2.05, 4.69) is 5.32 Å². The Balaban J connectivity index is 2.51. The molecule has 1 rings (SSSR count). The van der Waals surface area contributed by atoms with Crippen LogP contribution in [0.15, 0.2) is 24.3 Å². The van der Waals surface area contributed by atoms with E-state index in [0.29, 0.717) is 18.7 Å². The maximum atomic E-state index is 12.3. The van der Waals surface area contributed by atoms with Gasteiger partial charge in [-0.05, 0) is 17.7 Å². The third-order valence-electron chi connectivity index (χ3n) is 2.27. The van der Waals surface area contributed by atoms with E-state index < -0.39 is 11.7 Å². The molecule has 0 radical (unpaired) electrons. The highest BCUT2D eigenvalue weighted by atomic mass is 19.4. The number of ether oxygens (including phenoxy) is 1. The molecular weight excluding hydrogens is 247 g/mol. The van der Waals surface area contributed by atoms with Crippen LogP contribution in [0.2, 0.25) is 0 Å². The molecular formula is C12H14F3NO2. The zero-order valence-corrected chi connectivity index (χ0v) is 9.88. The topological polar surface area (TPSA) is 38.3 Å². The second-order valence-electron chi connectivity index (χ2n) is 3.71. The van der Waals surface area contributed by atoms with Crippen molar-refractivity contribution < 1.29 is 22.7 Å². The Kier molecular flexibility index (Phi) is 5.15. The molecule has 100 valence electrons. The van der Waals surface area contributed by atoms with Gasteiger partial charge in [0.15, 0.2) is 0 Å². The predicted molar refractivity (Wildman–Crippen MR) is 60.0 cm³/mol. The monoisotopic (exact) mass is 261 g/mol. The largest absolute Gasteiger partial charge is 0.416 e. The van der Waals surface area contributed by atoms with Gasteiger partial charge in [-0.15, -0.1) is 0 Å². The molecule has 0 spiro atoms. The van der Waals surface area contributed by atoms with E-state index in [1.54, 1.807) is 0 Å². The smallest absolute Gasteiger partial charge is 0.383 e. The fourth-order valence-corrected chi connectivity index (χ4v) is 1.35. The van der Waals surface area contributed by atoms with Crippen LogP contribution in [0.25, 0.3) is 0 Å². The predicted octanol–water partition coefficient (Wildman–Crippen LogP) is 2.01. The van der Waals surface area contributed by atoms with E-state index >= 15 is 0 Å². The van der Waals surface area contributed by atoms with Gasteiger partial charge in [0.25, 0.3) is 0 Å². The Morgan fingerprint density at radius 1 is 1.28 bits per heavy atom. The van der Waals surface area contributed by atoms with Gasteiger partial charge >= 0.3 is 6.18 Å². The lowest BCUT2D eigenvalue weighted by atomic mass is 10.1. The molecule has 0 saturated heterocycles. The van der Waals surface area contributed by atoms with E-state index in [0.717, 1.165) is 12.1 Å². The zero-order valence-electron chi connectivity index (χ0n) is 9.88. The van der Waals surface area contributed by atoms with Crippen LogP contribution in [0.5, 0.6) is 0 Å². The second-order valence-corrected chi connectivity index (χ2v) is 3.71. The third-order valence-corrected chi connectivity index (χ3v) is 2.27. The molecule has 0 aliphatic heterocycles. The molecule has 0 unspecified atom stereocenters. The van der Waals surface area contributed by atoms with Gasteiger partial charge in [-0.25, -0.2) is 0 Å². The number of nitrogens with one attached hydrogen (secondary N) is 1. The maximum absolute atomic E-state index is 12.3. The zero-order chi connectivity index (χ0) is 13.6. The molecule has 0 aliphatic carbocycles. The lowest BCUT2D eigenvalue weighted by Crippen LogP contribution is -2.28. The van der Waals surface area contributed by atoms with Crippen molar-refractivity contribution in [3.05, 3.63) is 35.4 Å². The van der Waals surface area contributed by atoms with Crippen molar-refractivity contribution in [2.24, 2.45) is 0 Å². The Hall–Kier alpha value is -1.56. The van der Waals surface area contributed by atoms with Gasteiger partial charge in [-0.2, -0.15) is 13.2 Å². The lowest BCUT2D eigenvalue weighted by Gasteiger charge is -2.08. The van der Waals surface area contributed by atoms with Crippen LogP contribution in [0.4, 0.5) is 13.2 Å². The van der Waals surface area contributed by atoms with Crippen molar-refractivity contribution in [2.45, 2.75) is 12.6 Å². The summed E-state index contributed by atoms with van der Waals surface area (Å²) < 4.78 is 41.6. The highest BCUT2D eigenvalue weighted by Crippen LogP contribution is 2.29. The van der Waals surface area contributed by atoms with Crippen molar-refractivity contribution in [2.75, 3.05) is 20.3 Å². The molecule has 1 aromatic carbocycles. The minimum atomic E-state index is -4.35. The van der Waals surface area contributed by atoms with Gasteiger partial charge in [-0.3, -0.25) is 4.79 Å². The number of methoxy groups -OCH3 is 1. The highest BCUT2D eigenvalue weighted by Gasteiger charge is 2.29. The quantitative estimate of drug-likeness (QED) is 0.823. The standard InChI is InChI=1S/C12H14F3NO2/c1-18-7-6-16-11(17)8-9-2-4-10(5-3-9)12(13,14)15/h2-5H,6-8H2,1H3,(H,16,17). The first-order valence-corrected chi connectivity index (χ1v) is 5.35. The maximum Gasteiger partial charge on any atom is 0.416 e. The molecule has 0 saturated carbocycles. The number of amides is 1. The van der Waals surface area contributed by atoms with E-state index in [-0.39, 0.29) is 12.3 Å². The Morgan fingerprint density at radius 2 is 1.89 bits per heavy atom. The average Bonchev–Trinajstić information content (AvgIpc) is 2.29. The number of rotatable bonds is 5. The minimum absolute atomic E-state index is 0.0574. The molecule has 18 heavy (non-hydrogen) atoms. The summed E-state index contributed by atoms with van der Waals surface area (Å²) in [7, 11) is 1.52. The molecule has 1 N–H and O–H groups in total. The number of hydrogen-bond acceptors (Lipinski definition) is 2. The first-order chi connectivity index (χ1) is 8.43. The lowest BCUT2D eigenvalue weighted by molar-refractivity contribution is -0.137. The summed E-state index contributed by atoms with van der Waals surface area (Å²) in [5.74, 6) is -0.244. The minimum Gasteiger partial charge on any atom is -0.383 e. The molecule has 0 fully saturated rings. The van der Waals surface area contributed by atoms with Crippen molar-refractivity contribution in [3.8, 4) is 0 Å². The first-order valence-electron chi connectivity index (χ1n) is 5.35. The van der Waals surface area contributed by atoms with Crippen LogP contribution < -0.4 is 5.32 Å². The first kappa shape index (κ1) is 14.5. The molecule has 0 aliphatic rings. The summed E-state index contributed by atoms with van der Waals surface area (Å²) >= 11 is 0. The molecule has 3 nitrogen and oxygen atoms in total. The van der Waals surface area contributed by atoms with Gasteiger partial charge in [0.1, 0.15) is 0 Å². The van der Waals surface area contributed by atoms with E-state index in [1.165, 1.54) is 19.2 Å². The van der Waals surface area contributed by atoms with Crippen LogP contribution in [0.1, 0.15) is 11.1 Å². The van der Waals surface area contributed by atoms with Crippen molar-refractivity contribution >= 4 is 5.91 Å². The van der Waals surface area contributed by atoms with Gasteiger partial charge in [-0.1, -0.05) is 12.1 Å². The highest BCUT2D eigenvalue weighted by molar-refractivity contribution is 5.78. The summed E-state index contributed by atoms with van der Waals surface area (Å²) in [6.07, 6.45) is -4.29. The summed E-state index contributed by atoms with van der Waals surface area (Å²) in [5.41, 5.74) is -0.177. The van der Waals surface area contributed by atoms with E-state index in [1.807, 2.05) is 0 Å². The van der Waals surface area contributed by atoms with Crippen molar-refractivity contribution in [1.82, 2.24) is 5.32 Å². The number of alkyl halides is 3. The Morgan fingerprint density at radius 3 is 2.39 bits per heavy atom. The van der Waals surface area contributed by atoms with Gasteiger partial charge in [0.2, 0.25) is 5.91 Å². The van der Waals surface area contributed by atoms with Crippen LogP contribution in [-0.4, -0.2) is 26.2 Å². The van der Waals surface area contributed by atoms with Crippen LogP contribution >= 0.6 is 0 Å². The molecule has 0 heterocycles. The summed E-state index contributed by atoms with van der Waals surface area (Å²) in [6, 6.07) is 4.55. The normalized spacial score (nSPS) is 11.3. The van der Waals surface area contributed by atoms with Gasteiger partial charge in [0.05, 0.1) is 18.6 Å². The summed E-state index contributed by atoms with van der Waals surface area (Å²) in [6.45, 7) is 0.786. The molecule has 1 aromatic rings. The second kappa shape index (κ2) is 6.39. The number of halogens is 3. The number of benzene rings is 1. The van der Waals surface area contributed by atoms with E-state index in [4.69, 9.17) is 4.74 Å². The molecule has 0 bridgehead atoms. The van der Waals surface area contributed by atoms with Crippen molar-refractivity contribution in [1.29, 1.82) is 0 Å². The fourth-order valence-electron chi connectivity index (χ4n) is 1.35. The van der Waals surface area contributed by atoms with E-state index in [9.17, 15) is 18.0 Å². The van der Waals surface area contributed by atoms with Crippen LogP contribution in [0.3, 0.4) is 0 Å². The number of carbonyl (C=O) groups is 1. The fraction of sp³-hybridized carbons (Fsp3) is 0.417. The summed E-state index contributed by atoms with van der Waals surface area (Å²) in [4.78, 5) is 11.4. The van der Waals surface area contributed by atoms with Crippen LogP contribution in [0, 0.1) is 0 Å².